The Morgan fingerprint density at radius 3 is 2.31 bits per heavy atom. The van der Waals surface area contributed by atoms with Gasteiger partial charge >= 0.3 is 11.9 Å². The van der Waals surface area contributed by atoms with Crippen LogP contribution in [0.25, 0.3) is 0 Å². The number of carboxylic acids is 2. The minimum atomic E-state index is -1.65. The van der Waals surface area contributed by atoms with Gasteiger partial charge in [-0.05, 0) is 6.07 Å². The first kappa shape index (κ1) is 9.11. The molecule has 0 radical (unpaired) electrons. The molecule has 0 aromatic carbocycles. The van der Waals surface area contributed by atoms with Crippen LogP contribution in [0.5, 0.6) is 0 Å². The van der Waals surface area contributed by atoms with Gasteiger partial charge in [0.05, 0.1) is 5.56 Å². The average Bonchev–Trinajstić information content (AvgIpc) is 2.02. The van der Waals surface area contributed by atoms with Crippen LogP contribution in [0.1, 0.15) is 20.7 Å². The predicted molar refractivity (Wildman–Crippen MR) is 38.1 cm³/mol. The zero-order valence-electron chi connectivity index (χ0n) is 6.19. The molecule has 2 N–H and O–H groups in total. The summed E-state index contributed by atoms with van der Waals surface area (Å²) in [6, 6.07) is 0.925. The molecule has 0 aliphatic carbocycles. The number of carbonyl (C=O) groups is 2. The van der Waals surface area contributed by atoms with Gasteiger partial charge in [-0.15, -0.1) is 0 Å². The molecular formula is C7H4FNO4. The summed E-state index contributed by atoms with van der Waals surface area (Å²) < 4.78 is 12.7. The van der Waals surface area contributed by atoms with Gasteiger partial charge < -0.3 is 10.2 Å². The Morgan fingerprint density at radius 2 is 1.92 bits per heavy atom. The van der Waals surface area contributed by atoms with Gasteiger partial charge in [-0.25, -0.2) is 14.6 Å². The Labute approximate surface area is 71.5 Å². The van der Waals surface area contributed by atoms with Crippen LogP contribution in [0.3, 0.4) is 0 Å². The van der Waals surface area contributed by atoms with Gasteiger partial charge in [-0.1, -0.05) is 0 Å². The lowest BCUT2D eigenvalue weighted by molar-refractivity contribution is 0.0646. The van der Waals surface area contributed by atoms with Crippen molar-refractivity contribution in [3.63, 3.8) is 0 Å². The molecule has 13 heavy (non-hydrogen) atoms. The Hall–Kier alpha value is -1.98. The van der Waals surface area contributed by atoms with E-state index in [2.05, 4.69) is 4.98 Å². The van der Waals surface area contributed by atoms with Crippen LogP contribution in [0.2, 0.25) is 0 Å². The van der Waals surface area contributed by atoms with E-state index >= 15 is 0 Å². The number of halogens is 1. The van der Waals surface area contributed by atoms with Crippen LogP contribution in [0, 0.1) is 5.95 Å². The molecule has 1 heterocycles. The van der Waals surface area contributed by atoms with Crippen LogP contribution < -0.4 is 0 Å². The quantitative estimate of drug-likeness (QED) is 0.659. The molecule has 1 rings (SSSR count). The van der Waals surface area contributed by atoms with Gasteiger partial charge in [0.25, 0.3) is 0 Å². The molecule has 0 fully saturated rings. The van der Waals surface area contributed by atoms with E-state index in [4.69, 9.17) is 10.2 Å². The molecule has 68 valence electrons. The van der Waals surface area contributed by atoms with Crippen LogP contribution in [-0.2, 0) is 0 Å². The fourth-order valence-corrected chi connectivity index (χ4v) is 0.818. The molecule has 6 heteroatoms. The minimum Gasteiger partial charge on any atom is -0.478 e. The third kappa shape index (κ3) is 1.61. The van der Waals surface area contributed by atoms with Crippen LogP contribution >= 0.6 is 0 Å². The highest BCUT2D eigenvalue weighted by molar-refractivity contribution is 6.01. The summed E-state index contributed by atoms with van der Waals surface area (Å²) in [5.74, 6) is -4.45. The van der Waals surface area contributed by atoms with Crippen molar-refractivity contribution in [2.75, 3.05) is 0 Å². The summed E-state index contributed by atoms with van der Waals surface area (Å²) in [5.41, 5.74) is -1.53. The second kappa shape index (κ2) is 3.18. The summed E-state index contributed by atoms with van der Waals surface area (Å²) >= 11 is 0. The molecule has 0 amide bonds. The molecule has 1 aromatic rings. The van der Waals surface area contributed by atoms with Crippen molar-refractivity contribution in [2.24, 2.45) is 0 Å². The SMILES string of the molecule is O=C(O)c1ccnc(F)c1C(=O)O. The van der Waals surface area contributed by atoms with Crippen molar-refractivity contribution in [3.8, 4) is 0 Å². The molecule has 0 saturated carbocycles. The van der Waals surface area contributed by atoms with Gasteiger partial charge in [-0.2, -0.15) is 4.39 Å². The van der Waals surface area contributed by atoms with Crippen LogP contribution in [-0.4, -0.2) is 27.1 Å². The number of carboxylic acid groups (broad SMARTS) is 2. The maximum Gasteiger partial charge on any atom is 0.341 e. The van der Waals surface area contributed by atoms with Gasteiger partial charge in [0.2, 0.25) is 5.95 Å². The van der Waals surface area contributed by atoms with Crippen molar-refractivity contribution >= 4 is 11.9 Å². The summed E-state index contributed by atoms with van der Waals surface area (Å²) in [6.45, 7) is 0. The third-order valence-electron chi connectivity index (χ3n) is 1.35. The Kier molecular flexibility index (Phi) is 2.23. The maximum atomic E-state index is 12.7. The lowest BCUT2D eigenvalue weighted by Crippen LogP contribution is -2.11. The van der Waals surface area contributed by atoms with E-state index in [1.807, 2.05) is 0 Å². The Morgan fingerprint density at radius 1 is 1.31 bits per heavy atom. The zero-order valence-corrected chi connectivity index (χ0v) is 6.19. The lowest BCUT2D eigenvalue weighted by atomic mass is 10.1. The zero-order chi connectivity index (χ0) is 10.0. The molecule has 0 saturated heterocycles. The first-order valence-electron chi connectivity index (χ1n) is 3.15. The molecule has 0 unspecified atom stereocenters. The second-order valence-electron chi connectivity index (χ2n) is 2.13. The van der Waals surface area contributed by atoms with E-state index in [9.17, 15) is 14.0 Å². The fraction of sp³-hybridized carbons (Fsp3) is 0. The molecule has 5 nitrogen and oxygen atoms in total. The third-order valence-corrected chi connectivity index (χ3v) is 1.35. The summed E-state index contributed by atoms with van der Waals surface area (Å²) in [7, 11) is 0. The molecule has 0 atom stereocenters. The highest BCUT2D eigenvalue weighted by Gasteiger charge is 2.20. The number of rotatable bonds is 2. The molecule has 0 bridgehead atoms. The van der Waals surface area contributed by atoms with Crippen molar-refractivity contribution in [1.82, 2.24) is 4.98 Å². The number of nitrogens with zero attached hydrogens (tertiary/aromatic N) is 1. The van der Waals surface area contributed by atoms with Gasteiger partial charge in [0.1, 0.15) is 5.56 Å². The Balaban J connectivity index is 3.43. The van der Waals surface area contributed by atoms with Crippen molar-refractivity contribution in [3.05, 3.63) is 29.3 Å². The van der Waals surface area contributed by atoms with E-state index in [1.54, 1.807) is 0 Å². The van der Waals surface area contributed by atoms with E-state index in [0.717, 1.165) is 12.3 Å². The Bertz CT molecular complexity index is 377. The number of aromatic nitrogens is 1. The number of hydrogen-bond acceptors (Lipinski definition) is 3. The molecule has 0 spiro atoms. The topological polar surface area (TPSA) is 87.5 Å². The van der Waals surface area contributed by atoms with Crippen molar-refractivity contribution < 1.29 is 24.2 Å². The number of hydrogen-bond donors (Lipinski definition) is 2. The first-order valence-corrected chi connectivity index (χ1v) is 3.15. The van der Waals surface area contributed by atoms with Crippen LogP contribution in [0.15, 0.2) is 12.3 Å². The highest BCUT2D eigenvalue weighted by Crippen LogP contribution is 2.10. The van der Waals surface area contributed by atoms with E-state index in [0.29, 0.717) is 0 Å². The summed E-state index contributed by atoms with van der Waals surface area (Å²) in [5, 5.41) is 16.9. The van der Waals surface area contributed by atoms with Gasteiger partial charge in [0.15, 0.2) is 0 Å². The summed E-state index contributed by atoms with van der Waals surface area (Å²) in [4.78, 5) is 23.9. The number of aromatic carboxylic acids is 2. The average molecular weight is 185 g/mol. The standard InChI is InChI=1S/C7H4FNO4/c8-5-4(7(12)13)3(6(10)11)1-2-9-5/h1-2H,(H,10,11)(H,12,13). The van der Waals surface area contributed by atoms with E-state index < -0.39 is 29.0 Å². The minimum absolute atomic E-state index is 0.611. The van der Waals surface area contributed by atoms with Gasteiger partial charge in [-0.3, -0.25) is 0 Å². The molecular weight excluding hydrogens is 181 g/mol. The van der Waals surface area contributed by atoms with E-state index in [-0.39, 0.29) is 0 Å². The normalized spacial score (nSPS) is 9.62. The summed E-state index contributed by atoms with van der Waals surface area (Å²) in [6.07, 6.45) is 0.894. The van der Waals surface area contributed by atoms with E-state index in [1.165, 1.54) is 0 Å². The lowest BCUT2D eigenvalue weighted by Gasteiger charge is -2.00. The van der Waals surface area contributed by atoms with Crippen molar-refractivity contribution in [2.45, 2.75) is 0 Å². The molecule has 0 aliphatic heterocycles. The monoisotopic (exact) mass is 185 g/mol. The van der Waals surface area contributed by atoms with Crippen LogP contribution in [0.4, 0.5) is 4.39 Å². The molecule has 1 aromatic heterocycles. The fourth-order valence-electron chi connectivity index (χ4n) is 0.818. The second-order valence-corrected chi connectivity index (χ2v) is 2.13. The maximum absolute atomic E-state index is 12.7. The number of pyridine rings is 1. The predicted octanol–water partition coefficient (Wildman–Crippen LogP) is 0.617. The largest absolute Gasteiger partial charge is 0.478 e. The van der Waals surface area contributed by atoms with Gasteiger partial charge in [0, 0.05) is 6.20 Å². The van der Waals surface area contributed by atoms with Crippen molar-refractivity contribution in [1.29, 1.82) is 0 Å². The first-order chi connectivity index (χ1) is 6.04. The highest BCUT2D eigenvalue weighted by atomic mass is 19.1. The smallest absolute Gasteiger partial charge is 0.341 e. The molecule has 0 aliphatic rings.